The fourth-order valence-corrected chi connectivity index (χ4v) is 1.12. The first kappa shape index (κ1) is 6.91. The summed E-state index contributed by atoms with van der Waals surface area (Å²) in [6.45, 7) is 0. The quantitative estimate of drug-likeness (QED) is 0.652. The van der Waals surface area contributed by atoms with Crippen LogP contribution in [0.2, 0.25) is 0 Å². The molecule has 0 aliphatic heterocycles. The first-order chi connectivity index (χ1) is 5.81. The Labute approximate surface area is 68.2 Å². The maximum Gasteiger partial charge on any atom is 0.185 e. The molecule has 3 heteroatoms. The molecule has 0 amide bonds. The summed E-state index contributed by atoms with van der Waals surface area (Å²) in [4.78, 5) is 10.3. The van der Waals surface area contributed by atoms with Crippen LogP contribution in [0.1, 0.15) is 10.6 Å². The average Bonchev–Trinajstić information content (AvgIpc) is 2.49. The van der Waals surface area contributed by atoms with E-state index >= 15 is 0 Å². The molecule has 12 heavy (non-hydrogen) atoms. The molecule has 0 saturated heterocycles. The van der Waals surface area contributed by atoms with E-state index < -0.39 is 0 Å². The van der Waals surface area contributed by atoms with Crippen molar-refractivity contribution in [1.29, 1.82) is 0 Å². The van der Waals surface area contributed by atoms with E-state index in [1.807, 2.05) is 0 Å². The summed E-state index contributed by atoms with van der Waals surface area (Å²) in [5.41, 5.74) is 0.525. The van der Waals surface area contributed by atoms with Gasteiger partial charge in [-0.2, -0.15) is 0 Å². The zero-order chi connectivity index (χ0) is 8.55. The van der Waals surface area contributed by atoms with Gasteiger partial charge >= 0.3 is 0 Å². The van der Waals surface area contributed by atoms with Gasteiger partial charge in [-0.3, -0.25) is 4.79 Å². The highest BCUT2D eigenvalue weighted by Crippen LogP contribution is 2.26. The molecule has 0 unspecified atom stereocenters. The fourth-order valence-electron chi connectivity index (χ4n) is 1.12. The van der Waals surface area contributed by atoms with Crippen molar-refractivity contribution >= 4 is 17.3 Å². The number of hydrogen-bond acceptors (Lipinski definition) is 3. The van der Waals surface area contributed by atoms with Gasteiger partial charge in [-0.1, -0.05) is 6.07 Å². The van der Waals surface area contributed by atoms with Crippen molar-refractivity contribution in [1.82, 2.24) is 0 Å². The minimum absolute atomic E-state index is 0.129. The lowest BCUT2D eigenvalue weighted by Crippen LogP contribution is -1.66. The summed E-state index contributed by atoms with van der Waals surface area (Å²) in [6, 6.07) is 6.42. The lowest BCUT2D eigenvalue weighted by Gasteiger charge is -1.89. The molecule has 0 saturated carbocycles. The van der Waals surface area contributed by atoms with Gasteiger partial charge in [0.05, 0.1) is 5.39 Å². The molecule has 0 aliphatic carbocycles. The number of carbonyl (C=O) groups is 1. The predicted octanol–water partition coefficient (Wildman–Crippen LogP) is 1.95. The SMILES string of the molecule is O=Cc1cc2c(O)cccc2o1. The van der Waals surface area contributed by atoms with E-state index in [2.05, 4.69) is 0 Å². The lowest BCUT2D eigenvalue weighted by atomic mass is 10.2. The summed E-state index contributed by atoms with van der Waals surface area (Å²) < 4.78 is 5.07. The molecular weight excluding hydrogens is 156 g/mol. The molecule has 1 heterocycles. The van der Waals surface area contributed by atoms with Crippen molar-refractivity contribution in [3.63, 3.8) is 0 Å². The molecule has 3 nitrogen and oxygen atoms in total. The number of rotatable bonds is 1. The van der Waals surface area contributed by atoms with Crippen molar-refractivity contribution in [2.45, 2.75) is 0 Å². The molecule has 0 radical (unpaired) electrons. The maximum absolute atomic E-state index is 10.3. The van der Waals surface area contributed by atoms with Crippen LogP contribution in [0.4, 0.5) is 0 Å². The number of furan rings is 1. The number of benzene rings is 1. The Kier molecular flexibility index (Phi) is 1.37. The van der Waals surface area contributed by atoms with Crippen molar-refractivity contribution in [2.24, 2.45) is 0 Å². The highest BCUT2D eigenvalue weighted by molar-refractivity contribution is 5.89. The van der Waals surface area contributed by atoms with Gasteiger partial charge in [0.1, 0.15) is 11.3 Å². The second-order valence-corrected chi connectivity index (χ2v) is 2.46. The Bertz CT molecular complexity index is 428. The molecule has 0 fully saturated rings. The smallest absolute Gasteiger partial charge is 0.185 e. The van der Waals surface area contributed by atoms with Crippen LogP contribution in [0, 0.1) is 0 Å². The molecule has 0 aliphatic rings. The van der Waals surface area contributed by atoms with Crippen LogP contribution in [0.15, 0.2) is 28.7 Å². The van der Waals surface area contributed by atoms with Gasteiger partial charge in [0.2, 0.25) is 0 Å². The van der Waals surface area contributed by atoms with Crippen LogP contribution in [-0.4, -0.2) is 11.4 Å². The van der Waals surface area contributed by atoms with E-state index in [-0.39, 0.29) is 11.5 Å². The van der Waals surface area contributed by atoms with Crippen LogP contribution >= 0.6 is 0 Å². The molecule has 1 aromatic carbocycles. The van der Waals surface area contributed by atoms with Crippen LogP contribution < -0.4 is 0 Å². The number of hydrogen-bond donors (Lipinski definition) is 1. The van der Waals surface area contributed by atoms with Crippen LogP contribution in [-0.2, 0) is 0 Å². The standard InChI is InChI=1S/C9H6O3/c10-5-6-4-7-8(11)2-1-3-9(7)12-6/h1-5,11H. The van der Waals surface area contributed by atoms with Crippen LogP contribution in [0.25, 0.3) is 11.0 Å². The van der Waals surface area contributed by atoms with E-state index in [9.17, 15) is 9.90 Å². The van der Waals surface area contributed by atoms with Crippen molar-refractivity contribution in [3.05, 3.63) is 30.0 Å². The van der Waals surface area contributed by atoms with Gasteiger partial charge in [0.15, 0.2) is 12.0 Å². The third-order valence-corrected chi connectivity index (χ3v) is 1.67. The Morgan fingerprint density at radius 3 is 2.92 bits per heavy atom. The number of fused-ring (bicyclic) bond motifs is 1. The monoisotopic (exact) mass is 162 g/mol. The lowest BCUT2D eigenvalue weighted by molar-refractivity contribution is 0.110. The zero-order valence-corrected chi connectivity index (χ0v) is 6.15. The summed E-state index contributed by atoms with van der Waals surface area (Å²) in [6.07, 6.45) is 0.611. The first-order valence-electron chi connectivity index (χ1n) is 3.48. The van der Waals surface area contributed by atoms with Gasteiger partial charge in [0, 0.05) is 0 Å². The predicted molar refractivity (Wildman–Crippen MR) is 43.3 cm³/mol. The highest BCUT2D eigenvalue weighted by Gasteiger charge is 2.04. The number of aromatic hydroxyl groups is 1. The average molecular weight is 162 g/mol. The summed E-state index contributed by atoms with van der Waals surface area (Å²) in [5, 5.41) is 9.87. The summed E-state index contributed by atoms with van der Waals surface area (Å²) >= 11 is 0. The summed E-state index contributed by atoms with van der Waals surface area (Å²) in [5.74, 6) is 0.357. The molecule has 2 rings (SSSR count). The Hall–Kier alpha value is -1.77. The number of carbonyl (C=O) groups excluding carboxylic acids is 1. The number of phenolic OH excluding ortho intramolecular Hbond substituents is 1. The largest absolute Gasteiger partial charge is 0.507 e. The normalized spacial score (nSPS) is 10.3. The number of phenols is 1. The Balaban J connectivity index is 2.82. The van der Waals surface area contributed by atoms with Gasteiger partial charge < -0.3 is 9.52 Å². The van der Waals surface area contributed by atoms with Gasteiger partial charge in [-0.05, 0) is 18.2 Å². The van der Waals surface area contributed by atoms with E-state index in [1.165, 1.54) is 6.07 Å². The van der Waals surface area contributed by atoms with Crippen LogP contribution in [0.5, 0.6) is 5.75 Å². The highest BCUT2D eigenvalue weighted by atomic mass is 16.3. The van der Waals surface area contributed by atoms with Crippen molar-refractivity contribution < 1.29 is 14.3 Å². The van der Waals surface area contributed by atoms with Crippen LogP contribution in [0.3, 0.4) is 0 Å². The third kappa shape index (κ3) is 0.871. The topological polar surface area (TPSA) is 50.4 Å². The first-order valence-corrected chi connectivity index (χ1v) is 3.48. The van der Waals surface area contributed by atoms with Gasteiger partial charge in [-0.15, -0.1) is 0 Å². The van der Waals surface area contributed by atoms with Crippen molar-refractivity contribution in [3.8, 4) is 5.75 Å². The molecule has 0 atom stereocenters. The second kappa shape index (κ2) is 2.37. The molecule has 0 spiro atoms. The van der Waals surface area contributed by atoms with E-state index in [4.69, 9.17) is 4.42 Å². The van der Waals surface area contributed by atoms with E-state index in [0.717, 1.165) is 0 Å². The maximum atomic E-state index is 10.3. The molecule has 2 aromatic rings. The molecule has 60 valence electrons. The summed E-state index contributed by atoms with van der Waals surface area (Å²) in [7, 11) is 0. The van der Waals surface area contributed by atoms with Gasteiger partial charge in [0.25, 0.3) is 0 Å². The number of aldehydes is 1. The molecular formula is C9H6O3. The Morgan fingerprint density at radius 2 is 2.25 bits per heavy atom. The third-order valence-electron chi connectivity index (χ3n) is 1.67. The minimum atomic E-state index is 0.129. The molecule has 0 bridgehead atoms. The van der Waals surface area contributed by atoms with E-state index in [0.29, 0.717) is 17.3 Å². The minimum Gasteiger partial charge on any atom is -0.507 e. The molecule has 1 aromatic heterocycles. The van der Waals surface area contributed by atoms with Gasteiger partial charge in [-0.25, -0.2) is 0 Å². The molecule has 1 N–H and O–H groups in total. The zero-order valence-electron chi connectivity index (χ0n) is 6.15. The fraction of sp³-hybridized carbons (Fsp3) is 0. The second-order valence-electron chi connectivity index (χ2n) is 2.46. The van der Waals surface area contributed by atoms with E-state index in [1.54, 1.807) is 18.2 Å². The Morgan fingerprint density at radius 1 is 1.42 bits per heavy atom. The van der Waals surface area contributed by atoms with Crippen molar-refractivity contribution in [2.75, 3.05) is 0 Å².